The second-order valence-corrected chi connectivity index (χ2v) is 4.21. The predicted molar refractivity (Wildman–Crippen MR) is 61.5 cm³/mol. The van der Waals surface area contributed by atoms with Crippen molar-refractivity contribution >= 4 is 15.9 Å². The average Bonchev–Trinajstić information content (AvgIpc) is 2.24. The molecule has 0 amide bonds. The lowest BCUT2D eigenvalue weighted by Gasteiger charge is -2.15. The van der Waals surface area contributed by atoms with Crippen LogP contribution in [0.25, 0.3) is 0 Å². The van der Waals surface area contributed by atoms with E-state index in [9.17, 15) is 13.2 Å². The topological polar surface area (TPSA) is 22.1 Å². The van der Waals surface area contributed by atoms with Crippen molar-refractivity contribution < 1.29 is 17.9 Å². The van der Waals surface area contributed by atoms with Gasteiger partial charge in [-0.25, -0.2) is 0 Å². The normalized spacial score (nSPS) is 13.5. The van der Waals surface area contributed by atoms with E-state index in [1.165, 1.54) is 6.08 Å². The van der Waals surface area contributed by atoms with Crippen LogP contribution in [-0.2, 0) is 10.9 Å². The molecular formula is C11H11BrF3NO. The SMILES string of the molecule is C=CCOC(C)c1cc(C(F)(F)F)ncc1Br. The largest absolute Gasteiger partial charge is 0.433 e. The molecule has 1 atom stereocenters. The quantitative estimate of drug-likeness (QED) is 0.780. The van der Waals surface area contributed by atoms with E-state index in [-0.39, 0.29) is 6.61 Å². The van der Waals surface area contributed by atoms with Gasteiger partial charge in [-0.05, 0) is 34.5 Å². The smallest absolute Gasteiger partial charge is 0.370 e. The van der Waals surface area contributed by atoms with Crippen LogP contribution in [0.1, 0.15) is 24.3 Å². The molecule has 1 aromatic heterocycles. The molecule has 0 aliphatic heterocycles. The van der Waals surface area contributed by atoms with Crippen LogP contribution in [0.2, 0.25) is 0 Å². The molecule has 0 spiro atoms. The summed E-state index contributed by atoms with van der Waals surface area (Å²) in [4.78, 5) is 3.33. The van der Waals surface area contributed by atoms with Gasteiger partial charge >= 0.3 is 6.18 Å². The van der Waals surface area contributed by atoms with Gasteiger partial charge in [-0.15, -0.1) is 6.58 Å². The van der Waals surface area contributed by atoms with Crippen LogP contribution in [-0.4, -0.2) is 11.6 Å². The summed E-state index contributed by atoms with van der Waals surface area (Å²) in [5.41, 5.74) is -0.515. The molecule has 0 fully saturated rings. The van der Waals surface area contributed by atoms with Gasteiger partial charge in [0.15, 0.2) is 0 Å². The van der Waals surface area contributed by atoms with E-state index in [1.807, 2.05) is 0 Å². The molecule has 0 aliphatic rings. The van der Waals surface area contributed by atoms with Crippen LogP contribution in [0.4, 0.5) is 13.2 Å². The third-order valence-electron chi connectivity index (χ3n) is 2.08. The number of hydrogen-bond donors (Lipinski definition) is 0. The minimum atomic E-state index is -4.45. The number of pyridine rings is 1. The lowest BCUT2D eigenvalue weighted by molar-refractivity contribution is -0.141. The molecule has 17 heavy (non-hydrogen) atoms. The van der Waals surface area contributed by atoms with Crippen LogP contribution in [0.5, 0.6) is 0 Å². The summed E-state index contributed by atoms with van der Waals surface area (Å²) in [6.45, 7) is 5.42. The third kappa shape index (κ3) is 3.81. The van der Waals surface area contributed by atoms with Crippen LogP contribution in [0, 0.1) is 0 Å². The maximum Gasteiger partial charge on any atom is 0.433 e. The molecule has 1 heterocycles. The van der Waals surface area contributed by atoms with Gasteiger partial charge in [0.05, 0.1) is 12.7 Å². The third-order valence-corrected chi connectivity index (χ3v) is 2.74. The Morgan fingerprint density at radius 1 is 1.59 bits per heavy atom. The van der Waals surface area contributed by atoms with E-state index < -0.39 is 18.0 Å². The lowest BCUT2D eigenvalue weighted by Crippen LogP contribution is -2.10. The maximum atomic E-state index is 12.5. The molecule has 0 radical (unpaired) electrons. The van der Waals surface area contributed by atoms with E-state index in [4.69, 9.17) is 4.74 Å². The van der Waals surface area contributed by atoms with Gasteiger partial charge in [0.25, 0.3) is 0 Å². The first kappa shape index (κ1) is 14.2. The molecule has 94 valence electrons. The highest BCUT2D eigenvalue weighted by atomic mass is 79.9. The molecule has 2 nitrogen and oxygen atoms in total. The van der Waals surface area contributed by atoms with E-state index in [2.05, 4.69) is 27.5 Å². The highest BCUT2D eigenvalue weighted by molar-refractivity contribution is 9.10. The van der Waals surface area contributed by atoms with Gasteiger partial charge in [-0.3, -0.25) is 4.98 Å². The van der Waals surface area contributed by atoms with E-state index >= 15 is 0 Å². The van der Waals surface area contributed by atoms with Crippen molar-refractivity contribution in [3.05, 3.63) is 40.6 Å². The number of hydrogen-bond acceptors (Lipinski definition) is 2. The van der Waals surface area contributed by atoms with Crippen LogP contribution in [0.3, 0.4) is 0 Å². The van der Waals surface area contributed by atoms with Gasteiger partial charge in [0.1, 0.15) is 5.69 Å². The van der Waals surface area contributed by atoms with E-state index in [0.29, 0.717) is 10.0 Å². The number of ether oxygens (including phenoxy) is 1. The Morgan fingerprint density at radius 2 is 2.24 bits per heavy atom. The molecule has 1 aromatic rings. The minimum Gasteiger partial charge on any atom is -0.370 e. The fourth-order valence-electron chi connectivity index (χ4n) is 1.22. The summed E-state index contributed by atoms with van der Waals surface area (Å²) in [6, 6.07) is 0.984. The van der Waals surface area contributed by atoms with Crippen molar-refractivity contribution in [2.45, 2.75) is 19.2 Å². The Hall–Kier alpha value is -0.880. The first-order valence-electron chi connectivity index (χ1n) is 4.81. The number of alkyl halides is 3. The summed E-state index contributed by atoms with van der Waals surface area (Å²) in [5, 5.41) is 0. The highest BCUT2D eigenvalue weighted by Gasteiger charge is 2.33. The van der Waals surface area contributed by atoms with Crippen LogP contribution in [0.15, 0.2) is 29.4 Å². The van der Waals surface area contributed by atoms with Crippen molar-refractivity contribution in [2.75, 3.05) is 6.61 Å². The fourth-order valence-corrected chi connectivity index (χ4v) is 1.76. The molecule has 0 aromatic carbocycles. The van der Waals surface area contributed by atoms with E-state index in [1.54, 1.807) is 6.92 Å². The van der Waals surface area contributed by atoms with Crippen molar-refractivity contribution in [2.24, 2.45) is 0 Å². The zero-order valence-electron chi connectivity index (χ0n) is 9.09. The van der Waals surface area contributed by atoms with Crippen molar-refractivity contribution in [1.82, 2.24) is 4.98 Å². The molecule has 0 aliphatic carbocycles. The molecular weight excluding hydrogens is 299 g/mol. The summed E-state index contributed by atoms with van der Waals surface area (Å²) in [7, 11) is 0. The molecule has 0 N–H and O–H groups in total. The first-order valence-corrected chi connectivity index (χ1v) is 5.60. The minimum absolute atomic E-state index is 0.275. The maximum absolute atomic E-state index is 12.5. The Morgan fingerprint density at radius 3 is 2.76 bits per heavy atom. The molecule has 0 bridgehead atoms. The zero-order valence-corrected chi connectivity index (χ0v) is 10.7. The average molecular weight is 310 g/mol. The molecule has 1 rings (SSSR count). The van der Waals surface area contributed by atoms with Gasteiger partial charge < -0.3 is 4.74 Å². The van der Waals surface area contributed by atoms with Crippen molar-refractivity contribution in [1.29, 1.82) is 0 Å². The monoisotopic (exact) mass is 309 g/mol. The Bertz CT molecular complexity index is 406. The summed E-state index contributed by atoms with van der Waals surface area (Å²) in [6.07, 6.45) is -2.25. The predicted octanol–water partition coefficient (Wildman–Crippen LogP) is 4.13. The second-order valence-electron chi connectivity index (χ2n) is 3.35. The summed E-state index contributed by atoms with van der Waals surface area (Å²) < 4.78 is 43.2. The molecule has 0 saturated heterocycles. The van der Waals surface area contributed by atoms with Crippen LogP contribution >= 0.6 is 15.9 Å². The lowest BCUT2D eigenvalue weighted by atomic mass is 10.1. The Kier molecular flexibility index (Phi) is 4.70. The van der Waals surface area contributed by atoms with E-state index in [0.717, 1.165) is 12.3 Å². The number of nitrogens with zero attached hydrogens (tertiary/aromatic N) is 1. The van der Waals surface area contributed by atoms with Crippen molar-refractivity contribution in [3.63, 3.8) is 0 Å². The van der Waals surface area contributed by atoms with Gasteiger partial charge in [0, 0.05) is 10.7 Å². The van der Waals surface area contributed by atoms with Crippen LogP contribution < -0.4 is 0 Å². The van der Waals surface area contributed by atoms with Gasteiger partial charge in [-0.1, -0.05) is 6.08 Å². The number of halogens is 4. The Labute approximate surface area is 106 Å². The number of aromatic nitrogens is 1. The highest BCUT2D eigenvalue weighted by Crippen LogP contribution is 2.32. The van der Waals surface area contributed by atoms with Gasteiger partial charge in [-0.2, -0.15) is 13.2 Å². The molecule has 6 heteroatoms. The fraction of sp³-hybridized carbons (Fsp3) is 0.364. The van der Waals surface area contributed by atoms with Gasteiger partial charge in [0.2, 0.25) is 0 Å². The first-order chi connectivity index (χ1) is 7.86. The molecule has 0 saturated carbocycles. The molecule has 1 unspecified atom stereocenters. The van der Waals surface area contributed by atoms with Crippen molar-refractivity contribution in [3.8, 4) is 0 Å². The Balaban J connectivity index is 3.02. The number of rotatable bonds is 4. The zero-order chi connectivity index (χ0) is 13.1. The summed E-state index contributed by atoms with van der Waals surface area (Å²) in [5.74, 6) is 0. The standard InChI is InChI=1S/C11H11BrF3NO/c1-3-4-17-7(2)8-5-10(11(13,14)15)16-6-9(8)12/h3,5-7H,1,4H2,2H3. The second kappa shape index (κ2) is 5.64. The summed E-state index contributed by atoms with van der Waals surface area (Å²) >= 11 is 3.15.